The molecule has 10 heteroatoms. The molecule has 0 atom stereocenters. The zero-order valence-electron chi connectivity index (χ0n) is 21.6. The fraction of sp³-hybridized carbons (Fsp3) is 0.276. The summed E-state index contributed by atoms with van der Waals surface area (Å²) in [6.07, 6.45) is 2.85. The molecule has 1 aliphatic heterocycles. The molecule has 39 heavy (non-hydrogen) atoms. The molecule has 1 saturated heterocycles. The summed E-state index contributed by atoms with van der Waals surface area (Å²) in [6.45, 7) is 4.84. The number of aryl methyl sites for hydroxylation is 2. The largest absolute Gasteiger partial charge is 0.508 e. The van der Waals surface area contributed by atoms with Crippen molar-refractivity contribution in [2.75, 3.05) is 18.4 Å². The monoisotopic (exact) mass is 532 g/mol. The molecule has 1 fully saturated rings. The number of halogens is 1. The number of aromatic nitrogens is 2. The van der Waals surface area contributed by atoms with Crippen LogP contribution >= 0.6 is 0 Å². The summed E-state index contributed by atoms with van der Waals surface area (Å²) in [5.41, 5.74) is 3.82. The van der Waals surface area contributed by atoms with Crippen molar-refractivity contribution in [3.8, 4) is 28.5 Å². The predicted molar refractivity (Wildman–Crippen MR) is 142 cm³/mol. The Balaban J connectivity index is 1.20. The number of nitrogens with one attached hydrogen (secondary N) is 1. The second-order valence-electron chi connectivity index (χ2n) is 9.55. The van der Waals surface area contributed by atoms with Gasteiger partial charge in [0.15, 0.2) is 0 Å². The highest BCUT2D eigenvalue weighted by atomic mass is 19.1. The number of nitrogens with zero attached hydrogens (tertiary/aromatic N) is 3. The molecule has 0 radical (unpaired) electrons. The number of hydrogen-bond donors (Lipinski definition) is 3. The van der Waals surface area contributed by atoms with Gasteiger partial charge in [-0.3, -0.25) is 4.79 Å². The molecule has 3 N–H and O–H groups in total. The Morgan fingerprint density at radius 2 is 1.92 bits per heavy atom. The van der Waals surface area contributed by atoms with Gasteiger partial charge < -0.3 is 29.7 Å². The van der Waals surface area contributed by atoms with Crippen molar-refractivity contribution < 1.29 is 28.7 Å². The molecule has 202 valence electrons. The van der Waals surface area contributed by atoms with Gasteiger partial charge in [0, 0.05) is 73.2 Å². The summed E-state index contributed by atoms with van der Waals surface area (Å²) in [5.74, 6) is 0.311. The molecule has 1 amide bonds. The Morgan fingerprint density at radius 3 is 2.59 bits per heavy atom. The average Bonchev–Trinajstić information content (AvgIpc) is 3.27. The van der Waals surface area contributed by atoms with E-state index in [1.54, 1.807) is 17.2 Å². The normalized spacial score (nSPS) is 13.9. The van der Waals surface area contributed by atoms with Crippen LogP contribution in [-0.4, -0.2) is 50.4 Å². The molecule has 4 aromatic rings. The molecule has 2 aromatic heterocycles. The van der Waals surface area contributed by atoms with Gasteiger partial charge in [0.1, 0.15) is 29.2 Å². The van der Waals surface area contributed by atoms with Crippen molar-refractivity contribution in [1.29, 1.82) is 0 Å². The van der Waals surface area contributed by atoms with Crippen LogP contribution in [0.1, 0.15) is 40.2 Å². The highest BCUT2D eigenvalue weighted by molar-refractivity contribution is 5.99. The van der Waals surface area contributed by atoms with Crippen LogP contribution < -0.4 is 10.1 Å². The Morgan fingerprint density at radius 1 is 1.13 bits per heavy atom. The lowest BCUT2D eigenvalue weighted by atomic mass is 10.0. The van der Waals surface area contributed by atoms with Crippen LogP contribution in [0.3, 0.4) is 0 Å². The summed E-state index contributed by atoms with van der Waals surface area (Å²) in [6, 6.07) is 12.0. The molecule has 0 aliphatic carbocycles. The Kier molecular flexibility index (Phi) is 7.36. The quantitative estimate of drug-likeness (QED) is 0.297. The summed E-state index contributed by atoms with van der Waals surface area (Å²) < 4.78 is 25.4. The number of ether oxygens (including phenoxy) is 1. The second kappa shape index (κ2) is 11.0. The first-order valence-electron chi connectivity index (χ1n) is 12.7. The number of anilines is 1. The van der Waals surface area contributed by atoms with Gasteiger partial charge in [-0.1, -0.05) is 5.16 Å². The van der Waals surface area contributed by atoms with Crippen LogP contribution in [0.25, 0.3) is 11.1 Å². The number of amides is 1. The van der Waals surface area contributed by atoms with Crippen LogP contribution in [0.4, 0.5) is 10.1 Å². The highest BCUT2D eigenvalue weighted by Crippen LogP contribution is 2.29. The lowest BCUT2D eigenvalue weighted by Gasteiger charge is -2.32. The number of carbonyl (C=O) groups excluding carboxylic acids is 1. The van der Waals surface area contributed by atoms with Crippen LogP contribution in [-0.2, 0) is 6.54 Å². The van der Waals surface area contributed by atoms with Gasteiger partial charge in [0.05, 0.1) is 11.3 Å². The van der Waals surface area contributed by atoms with E-state index in [0.717, 1.165) is 22.6 Å². The molecule has 0 saturated carbocycles. The number of carbonyl (C=O) groups is 1. The summed E-state index contributed by atoms with van der Waals surface area (Å²) in [7, 11) is 0. The van der Waals surface area contributed by atoms with Crippen LogP contribution in [0.2, 0.25) is 0 Å². The third-order valence-electron chi connectivity index (χ3n) is 6.83. The maximum atomic E-state index is 14.1. The fourth-order valence-corrected chi connectivity index (χ4v) is 4.75. The van der Waals surface area contributed by atoms with Gasteiger partial charge >= 0.3 is 0 Å². The van der Waals surface area contributed by atoms with Crippen molar-refractivity contribution in [2.45, 2.75) is 39.3 Å². The van der Waals surface area contributed by atoms with Crippen molar-refractivity contribution in [3.63, 3.8) is 0 Å². The van der Waals surface area contributed by atoms with Crippen LogP contribution in [0.5, 0.6) is 17.4 Å². The molecule has 0 unspecified atom stereocenters. The summed E-state index contributed by atoms with van der Waals surface area (Å²) in [4.78, 5) is 19.5. The molecule has 9 nitrogen and oxygen atoms in total. The molecule has 3 heterocycles. The van der Waals surface area contributed by atoms with Gasteiger partial charge in [0.2, 0.25) is 5.88 Å². The van der Waals surface area contributed by atoms with Gasteiger partial charge in [0.25, 0.3) is 5.91 Å². The molecular formula is C29H29FN4O5. The first kappa shape index (κ1) is 26.0. The number of pyridine rings is 1. The van der Waals surface area contributed by atoms with E-state index in [4.69, 9.17) is 9.26 Å². The standard InChI is InChI=1S/C29H29FN4O5/c1-17-28(18(2)39-33-17)20-4-8-27(32-16-20)38-23-9-11-34(12-10-23)29(37)24-13-21(30)5-7-25(24)31-15-19-3-6-22(35)14-26(19)36/h3-8,13-14,16,23,31,35-36H,9-12,15H2,1-2H3. The van der Waals surface area contributed by atoms with Crippen LogP contribution in [0.15, 0.2) is 59.3 Å². The maximum Gasteiger partial charge on any atom is 0.256 e. The Bertz CT molecular complexity index is 1460. The van der Waals surface area contributed by atoms with E-state index in [1.165, 1.54) is 30.3 Å². The zero-order chi connectivity index (χ0) is 27.5. The van der Waals surface area contributed by atoms with Crippen molar-refractivity contribution >= 4 is 11.6 Å². The zero-order valence-corrected chi connectivity index (χ0v) is 21.6. The van der Waals surface area contributed by atoms with Gasteiger partial charge in [-0.2, -0.15) is 0 Å². The third kappa shape index (κ3) is 5.79. The third-order valence-corrected chi connectivity index (χ3v) is 6.83. The van der Waals surface area contributed by atoms with Gasteiger partial charge in [-0.05, 0) is 50.2 Å². The number of hydrogen-bond acceptors (Lipinski definition) is 8. The molecule has 1 aliphatic rings. The van der Waals surface area contributed by atoms with Crippen LogP contribution in [0, 0.1) is 19.7 Å². The van der Waals surface area contributed by atoms with Crippen molar-refractivity contribution in [1.82, 2.24) is 15.0 Å². The number of aromatic hydroxyl groups is 2. The van der Waals surface area contributed by atoms with E-state index in [2.05, 4.69) is 15.5 Å². The lowest BCUT2D eigenvalue weighted by Crippen LogP contribution is -2.42. The lowest BCUT2D eigenvalue weighted by molar-refractivity contribution is 0.0588. The van der Waals surface area contributed by atoms with E-state index < -0.39 is 5.82 Å². The number of piperidine rings is 1. The fourth-order valence-electron chi connectivity index (χ4n) is 4.75. The number of phenols is 2. The Hall–Kier alpha value is -4.60. The maximum absolute atomic E-state index is 14.1. The molecule has 0 spiro atoms. The molecule has 2 aromatic carbocycles. The minimum Gasteiger partial charge on any atom is -0.508 e. The average molecular weight is 533 g/mol. The van der Waals surface area contributed by atoms with E-state index in [0.29, 0.717) is 43.1 Å². The summed E-state index contributed by atoms with van der Waals surface area (Å²) >= 11 is 0. The number of rotatable bonds is 7. The minimum absolute atomic E-state index is 0.0500. The topological polar surface area (TPSA) is 121 Å². The second-order valence-corrected chi connectivity index (χ2v) is 9.55. The van der Waals surface area contributed by atoms with Crippen molar-refractivity contribution in [3.05, 3.63) is 83.1 Å². The Labute approximate surface area is 224 Å². The minimum atomic E-state index is -0.513. The molecule has 0 bridgehead atoms. The van der Waals surface area contributed by atoms with E-state index >= 15 is 0 Å². The summed E-state index contributed by atoms with van der Waals surface area (Å²) in [5, 5.41) is 26.6. The highest BCUT2D eigenvalue weighted by Gasteiger charge is 2.27. The van der Waals surface area contributed by atoms with Crippen molar-refractivity contribution in [2.24, 2.45) is 0 Å². The van der Waals surface area contributed by atoms with Gasteiger partial charge in [-0.25, -0.2) is 9.37 Å². The predicted octanol–water partition coefficient (Wildman–Crippen LogP) is 5.20. The SMILES string of the molecule is Cc1noc(C)c1-c1ccc(OC2CCN(C(=O)c3cc(F)ccc3NCc3ccc(O)cc3O)CC2)nc1. The molecule has 5 rings (SSSR count). The van der Waals surface area contributed by atoms with E-state index in [-0.39, 0.29) is 35.6 Å². The first-order valence-corrected chi connectivity index (χ1v) is 12.7. The smallest absolute Gasteiger partial charge is 0.256 e. The number of likely N-dealkylation sites (tertiary alicyclic amines) is 1. The van der Waals surface area contributed by atoms with Gasteiger partial charge in [-0.15, -0.1) is 0 Å². The number of benzene rings is 2. The van der Waals surface area contributed by atoms with E-state index in [9.17, 15) is 19.4 Å². The molecular weight excluding hydrogens is 503 g/mol. The first-order chi connectivity index (χ1) is 18.8. The van der Waals surface area contributed by atoms with E-state index in [1.807, 2.05) is 26.0 Å². The number of phenolic OH excluding ortho intramolecular Hbond substituents is 2.